The molecule has 7 heteroatoms. The monoisotopic (exact) mass is 407 g/mol. The average molecular weight is 408 g/mol. The number of hydrogen-bond acceptors (Lipinski definition) is 5. The Balaban J connectivity index is 1.44. The van der Waals surface area contributed by atoms with Crippen LogP contribution in [0.4, 0.5) is 0 Å². The maximum atomic E-state index is 4.42. The van der Waals surface area contributed by atoms with Gasteiger partial charge in [0.15, 0.2) is 11.0 Å². The molecule has 2 aliphatic rings. The van der Waals surface area contributed by atoms with Crippen LogP contribution in [0.25, 0.3) is 11.4 Å². The van der Waals surface area contributed by atoms with E-state index in [1.54, 1.807) is 11.8 Å². The van der Waals surface area contributed by atoms with Gasteiger partial charge in [-0.2, -0.15) is 0 Å². The smallest absolute Gasteiger partial charge is 0.193 e. The zero-order valence-corrected chi connectivity index (χ0v) is 16.1. The summed E-state index contributed by atoms with van der Waals surface area (Å²) in [5, 5.41) is 9.82. The number of piperidine rings is 1. The van der Waals surface area contributed by atoms with Gasteiger partial charge in [-0.05, 0) is 38.1 Å². The lowest BCUT2D eigenvalue weighted by molar-refractivity contribution is 0.169. The van der Waals surface area contributed by atoms with E-state index in [1.165, 1.54) is 38.9 Å². The van der Waals surface area contributed by atoms with E-state index in [2.05, 4.69) is 64.8 Å². The molecule has 1 aromatic carbocycles. The molecule has 0 saturated carbocycles. The molecular formula is C17H22BrN5S. The van der Waals surface area contributed by atoms with Crippen molar-refractivity contribution in [1.82, 2.24) is 24.6 Å². The van der Waals surface area contributed by atoms with Gasteiger partial charge in [-0.3, -0.25) is 9.47 Å². The second kappa shape index (κ2) is 7.56. The van der Waals surface area contributed by atoms with E-state index in [4.69, 9.17) is 0 Å². The second-order valence-electron chi connectivity index (χ2n) is 6.45. The highest BCUT2D eigenvalue weighted by Crippen LogP contribution is 2.29. The number of nitrogens with zero attached hydrogens (tertiary/aromatic N) is 5. The maximum Gasteiger partial charge on any atom is 0.193 e. The van der Waals surface area contributed by atoms with Crippen molar-refractivity contribution in [1.29, 1.82) is 0 Å². The van der Waals surface area contributed by atoms with Gasteiger partial charge >= 0.3 is 0 Å². The van der Waals surface area contributed by atoms with Gasteiger partial charge in [0.1, 0.15) is 0 Å². The SMILES string of the molecule is Brc1ccc(-c2nnc3n2CN(CCN2CCCCC2)CS3)cc1. The van der Waals surface area contributed by atoms with Crippen LogP contribution >= 0.6 is 27.7 Å². The van der Waals surface area contributed by atoms with Gasteiger partial charge in [-0.15, -0.1) is 10.2 Å². The quantitative estimate of drug-likeness (QED) is 0.774. The molecule has 2 aliphatic heterocycles. The van der Waals surface area contributed by atoms with Crippen molar-refractivity contribution in [2.24, 2.45) is 0 Å². The number of hydrogen-bond donors (Lipinski definition) is 0. The predicted molar refractivity (Wildman–Crippen MR) is 101 cm³/mol. The van der Waals surface area contributed by atoms with Crippen LogP contribution in [-0.4, -0.2) is 56.6 Å². The van der Waals surface area contributed by atoms with E-state index < -0.39 is 0 Å². The normalized spacial score (nSPS) is 19.4. The van der Waals surface area contributed by atoms with Crippen molar-refractivity contribution in [3.8, 4) is 11.4 Å². The fourth-order valence-electron chi connectivity index (χ4n) is 3.33. The molecule has 1 fully saturated rings. The Morgan fingerprint density at radius 2 is 1.71 bits per heavy atom. The molecule has 0 amide bonds. The second-order valence-corrected chi connectivity index (χ2v) is 8.28. The van der Waals surface area contributed by atoms with Gasteiger partial charge in [-0.25, -0.2) is 0 Å². The van der Waals surface area contributed by atoms with Gasteiger partial charge in [0.25, 0.3) is 0 Å². The van der Waals surface area contributed by atoms with E-state index in [9.17, 15) is 0 Å². The van der Waals surface area contributed by atoms with E-state index in [1.807, 2.05) is 0 Å². The Morgan fingerprint density at radius 3 is 2.50 bits per heavy atom. The summed E-state index contributed by atoms with van der Waals surface area (Å²) in [5.41, 5.74) is 1.12. The minimum absolute atomic E-state index is 0.884. The summed E-state index contributed by atoms with van der Waals surface area (Å²) in [6, 6.07) is 8.31. The van der Waals surface area contributed by atoms with Crippen molar-refractivity contribution < 1.29 is 0 Å². The Bertz CT molecular complexity index is 681. The molecule has 1 aromatic heterocycles. The number of benzene rings is 1. The number of rotatable bonds is 4. The van der Waals surface area contributed by atoms with E-state index >= 15 is 0 Å². The van der Waals surface area contributed by atoms with Crippen LogP contribution in [0.5, 0.6) is 0 Å². The van der Waals surface area contributed by atoms with Gasteiger partial charge in [0, 0.05) is 23.1 Å². The lowest BCUT2D eigenvalue weighted by Gasteiger charge is -2.32. The lowest BCUT2D eigenvalue weighted by Crippen LogP contribution is -2.39. The third kappa shape index (κ3) is 3.69. The number of halogens is 1. The molecule has 0 unspecified atom stereocenters. The molecule has 1 saturated heterocycles. The summed E-state index contributed by atoms with van der Waals surface area (Å²) in [6.45, 7) is 5.70. The van der Waals surface area contributed by atoms with Crippen molar-refractivity contribution in [2.75, 3.05) is 32.1 Å². The number of aromatic nitrogens is 3. The lowest BCUT2D eigenvalue weighted by atomic mass is 10.1. The van der Waals surface area contributed by atoms with Gasteiger partial charge in [-0.1, -0.05) is 46.2 Å². The number of thioether (sulfide) groups is 1. The van der Waals surface area contributed by atoms with E-state index in [-0.39, 0.29) is 0 Å². The van der Waals surface area contributed by atoms with Crippen molar-refractivity contribution >= 4 is 27.7 Å². The van der Waals surface area contributed by atoms with Crippen LogP contribution in [0.2, 0.25) is 0 Å². The first-order valence-corrected chi connectivity index (χ1v) is 10.3. The summed E-state index contributed by atoms with van der Waals surface area (Å²) >= 11 is 5.28. The fourth-order valence-corrected chi connectivity index (χ4v) is 4.50. The molecule has 24 heavy (non-hydrogen) atoms. The molecule has 3 heterocycles. The summed E-state index contributed by atoms with van der Waals surface area (Å²) < 4.78 is 3.33. The van der Waals surface area contributed by atoms with Crippen LogP contribution in [0, 0.1) is 0 Å². The van der Waals surface area contributed by atoms with Crippen LogP contribution in [0.3, 0.4) is 0 Å². The van der Waals surface area contributed by atoms with Crippen molar-refractivity contribution in [2.45, 2.75) is 31.1 Å². The fraction of sp³-hybridized carbons (Fsp3) is 0.529. The highest BCUT2D eigenvalue weighted by atomic mass is 79.9. The summed E-state index contributed by atoms with van der Waals surface area (Å²) in [5.74, 6) is 1.97. The minimum atomic E-state index is 0.884. The molecule has 0 aliphatic carbocycles. The first-order chi connectivity index (χ1) is 11.8. The molecule has 0 atom stereocenters. The maximum absolute atomic E-state index is 4.42. The third-order valence-electron chi connectivity index (χ3n) is 4.72. The highest BCUT2D eigenvalue weighted by Gasteiger charge is 2.23. The van der Waals surface area contributed by atoms with Gasteiger partial charge < -0.3 is 4.90 Å². The molecule has 0 bridgehead atoms. The zero-order chi connectivity index (χ0) is 16.4. The number of fused-ring (bicyclic) bond motifs is 1. The topological polar surface area (TPSA) is 37.2 Å². The molecule has 128 valence electrons. The Morgan fingerprint density at radius 1 is 0.958 bits per heavy atom. The molecular weight excluding hydrogens is 386 g/mol. The summed E-state index contributed by atoms with van der Waals surface area (Å²) in [7, 11) is 0. The van der Waals surface area contributed by atoms with Crippen LogP contribution in [-0.2, 0) is 6.67 Å². The molecule has 4 rings (SSSR count). The molecule has 0 radical (unpaired) electrons. The number of likely N-dealkylation sites (tertiary alicyclic amines) is 1. The van der Waals surface area contributed by atoms with Crippen LogP contribution in [0.15, 0.2) is 33.9 Å². The van der Waals surface area contributed by atoms with E-state index in [0.29, 0.717) is 0 Å². The minimum Gasteiger partial charge on any atom is -0.302 e. The predicted octanol–water partition coefficient (Wildman–Crippen LogP) is 3.52. The Hall–Kier alpha value is -0.890. The molecule has 0 N–H and O–H groups in total. The molecule has 5 nitrogen and oxygen atoms in total. The zero-order valence-electron chi connectivity index (χ0n) is 13.7. The van der Waals surface area contributed by atoms with Crippen LogP contribution in [0.1, 0.15) is 19.3 Å². The molecule has 2 aromatic rings. The highest BCUT2D eigenvalue weighted by molar-refractivity contribution is 9.10. The van der Waals surface area contributed by atoms with Crippen LogP contribution < -0.4 is 0 Å². The van der Waals surface area contributed by atoms with E-state index in [0.717, 1.165) is 40.1 Å². The third-order valence-corrected chi connectivity index (χ3v) is 6.30. The van der Waals surface area contributed by atoms with Crippen molar-refractivity contribution in [3.05, 3.63) is 28.7 Å². The average Bonchev–Trinajstić information content (AvgIpc) is 3.05. The molecule has 0 spiro atoms. The van der Waals surface area contributed by atoms with Gasteiger partial charge in [0.2, 0.25) is 0 Å². The summed E-state index contributed by atoms with van der Waals surface area (Å²) in [4.78, 5) is 5.10. The largest absolute Gasteiger partial charge is 0.302 e. The first kappa shape index (κ1) is 16.6. The van der Waals surface area contributed by atoms with Crippen molar-refractivity contribution in [3.63, 3.8) is 0 Å². The Kier molecular flexibility index (Phi) is 5.22. The Labute approximate surface area is 155 Å². The van der Waals surface area contributed by atoms with Gasteiger partial charge in [0.05, 0.1) is 12.5 Å². The standard InChI is InChI=1S/C17H22BrN5S/c18-15-6-4-14(5-7-15)16-19-20-17-23(16)12-22(13-24-17)11-10-21-8-2-1-3-9-21/h4-7H,1-3,8-13H2. The summed E-state index contributed by atoms with van der Waals surface area (Å²) in [6.07, 6.45) is 4.12. The first-order valence-electron chi connectivity index (χ1n) is 8.56.